The van der Waals surface area contributed by atoms with Gasteiger partial charge in [0.05, 0.1) is 0 Å². The Labute approximate surface area is 153 Å². The van der Waals surface area contributed by atoms with Crippen LogP contribution in [0.25, 0.3) is 0 Å². The Morgan fingerprint density at radius 1 is 1.00 bits per heavy atom. The lowest BCUT2D eigenvalue weighted by molar-refractivity contribution is 0.0948. The van der Waals surface area contributed by atoms with Crippen molar-refractivity contribution >= 4 is 17.4 Å². The molecule has 2 N–H and O–H groups in total. The number of aromatic nitrogens is 2. The number of carbonyl (C=O) groups is 1. The summed E-state index contributed by atoms with van der Waals surface area (Å²) in [6, 6.07) is 19.8. The SMILES string of the molecule is Cc1ccccc1Nc1cc(C(=O)NCCCc2ccccc2)ncn1. The molecule has 0 spiro atoms. The summed E-state index contributed by atoms with van der Waals surface area (Å²) in [4.78, 5) is 20.6. The van der Waals surface area contributed by atoms with E-state index in [1.165, 1.54) is 11.9 Å². The predicted molar refractivity (Wildman–Crippen MR) is 104 cm³/mol. The van der Waals surface area contributed by atoms with Crippen molar-refractivity contribution in [3.8, 4) is 0 Å². The van der Waals surface area contributed by atoms with Crippen LogP contribution < -0.4 is 10.6 Å². The van der Waals surface area contributed by atoms with E-state index >= 15 is 0 Å². The zero-order chi connectivity index (χ0) is 18.2. The molecule has 0 saturated carbocycles. The highest BCUT2D eigenvalue weighted by Crippen LogP contribution is 2.18. The molecule has 0 aliphatic rings. The number of carbonyl (C=O) groups excluding carboxylic acids is 1. The van der Waals surface area contributed by atoms with Gasteiger partial charge in [0.15, 0.2) is 0 Å². The van der Waals surface area contributed by atoms with Gasteiger partial charge in [0.25, 0.3) is 5.91 Å². The Balaban J connectivity index is 1.54. The summed E-state index contributed by atoms with van der Waals surface area (Å²) in [5.74, 6) is 0.414. The van der Waals surface area contributed by atoms with Gasteiger partial charge in [0, 0.05) is 18.3 Å². The fraction of sp³-hybridized carbons (Fsp3) is 0.190. The van der Waals surface area contributed by atoms with Gasteiger partial charge in [-0.1, -0.05) is 48.5 Å². The monoisotopic (exact) mass is 346 g/mol. The van der Waals surface area contributed by atoms with Crippen LogP contribution in [0, 0.1) is 6.92 Å². The number of anilines is 2. The van der Waals surface area contributed by atoms with E-state index in [4.69, 9.17) is 0 Å². The molecule has 0 bridgehead atoms. The third-order valence-corrected chi connectivity index (χ3v) is 4.08. The summed E-state index contributed by atoms with van der Waals surface area (Å²) >= 11 is 0. The smallest absolute Gasteiger partial charge is 0.270 e. The van der Waals surface area contributed by atoms with E-state index in [1.807, 2.05) is 49.4 Å². The summed E-state index contributed by atoms with van der Waals surface area (Å²) in [6.45, 7) is 2.63. The summed E-state index contributed by atoms with van der Waals surface area (Å²) in [5, 5.41) is 6.14. The van der Waals surface area contributed by atoms with E-state index in [0.717, 1.165) is 24.1 Å². The van der Waals surface area contributed by atoms with E-state index < -0.39 is 0 Å². The van der Waals surface area contributed by atoms with Gasteiger partial charge in [0.2, 0.25) is 0 Å². The number of hydrogen-bond acceptors (Lipinski definition) is 4. The second-order valence-electron chi connectivity index (χ2n) is 6.07. The first-order valence-corrected chi connectivity index (χ1v) is 8.69. The molecule has 0 aliphatic heterocycles. The minimum absolute atomic E-state index is 0.187. The van der Waals surface area contributed by atoms with E-state index in [1.54, 1.807) is 6.07 Å². The first-order valence-electron chi connectivity index (χ1n) is 8.69. The molecule has 0 unspecified atom stereocenters. The summed E-state index contributed by atoms with van der Waals surface area (Å²) in [6.07, 6.45) is 3.22. The lowest BCUT2D eigenvalue weighted by atomic mass is 10.1. The molecular formula is C21H22N4O. The van der Waals surface area contributed by atoms with Gasteiger partial charge in [-0.25, -0.2) is 9.97 Å². The maximum atomic E-state index is 12.3. The second-order valence-corrected chi connectivity index (χ2v) is 6.07. The van der Waals surface area contributed by atoms with Crippen molar-refractivity contribution in [3.63, 3.8) is 0 Å². The van der Waals surface area contributed by atoms with Gasteiger partial charge in [-0.05, 0) is 37.0 Å². The minimum atomic E-state index is -0.187. The summed E-state index contributed by atoms with van der Waals surface area (Å²) < 4.78 is 0. The Hall–Kier alpha value is -3.21. The molecule has 0 fully saturated rings. The van der Waals surface area contributed by atoms with Gasteiger partial charge >= 0.3 is 0 Å². The molecule has 2 aromatic carbocycles. The summed E-state index contributed by atoms with van der Waals surface area (Å²) in [7, 11) is 0. The number of nitrogens with zero attached hydrogens (tertiary/aromatic N) is 2. The molecule has 5 nitrogen and oxygen atoms in total. The molecule has 0 saturated heterocycles. The van der Waals surface area contributed by atoms with Crippen LogP contribution >= 0.6 is 0 Å². The maximum Gasteiger partial charge on any atom is 0.270 e. The van der Waals surface area contributed by atoms with E-state index in [9.17, 15) is 4.79 Å². The molecule has 5 heteroatoms. The number of para-hydroxylation sites is 1. The third kappa shape index (κ3) is 4.89. The zero-order valence-corrected chi connectivity index (χ0v) is 14.8. The number of benzene rings is 2. The molecule has 1 amide bonds. The predicted octanol–water partition coefficient (Wildman–Crippen LogP) is 3.89. The van der Waals surface area contributed by atoms with Crippen LogP contribution in [0.15, 0.2) is 67.0 Å². The molecule has 0 atom stereocenters. The van der Waals surface area contributed by atoms with Gasteiger partial charge in [0.1, 0.15) is 17.8 Å². The quantitative estimate of drug-likeness (QED) is 0.637. The van der Waals surface area contributed by atoms with Crippen molar-refractivity contribution in [1.29, 1.82) is 0 Å². The average molecular weight is 346 g/mol. The Bertz CT molecular complexity index is 865. The van der Waals surface area contributed by atoms with Crippen LogP contribution in [0.5, 0.6) is 0 Å². The van der Waals surface area contributed by atoms with Crippen molar-refractivity contribution < 1.29 is 4.79 Å². The Kier molecular flexibility index (Phi) is 5.93. The van der Waals surface area contributed by atoms with Crippen LogP contribution in [0.1, 0.15) is 28.0 Å². The molecule has 0 radical (unpaired) electrons. The second kappa shape index (κ2) is 8.76. The van der Waals surface area contributed by atoms with Crippen LogP contribution in [0.3, 0.4) is 0 Å². The standard InChI is InChI=1S/C21H22N4O/c1-16-8-5-6-12-18(16)25-20-14-19(23-15-24-20)21(26)22-13-7-11-17-9-3-2-4-10-17/h2-6,8-10,12,14-15H,7,11,13H2,1H3,(H,22,26)(H,23,24,25). The third-order valence-electron chi connectivity index (χ3n) is 4.08. The Morgan fingerprint density at radius 2 is 1.77 bits per heavy atom. The zero-order valence-electron chi connectivity index (χ0n) is 14.8. The van der Waals surface area contributed by atoms with Gasteiger partial charge < -0.3 is 10.6 Å². The van der Waals surface area contributed by atoms with E-state index in [-0.39, 0.29) is 5.91 Å². The van der Waals surface area contributed by atoms with Gasteiger partial charge in [-0.15, -0.1) is 0 Å². The topological polar surface area (TPSA) is 66.9 Å². The molecule has 3 aromatic rings. The fourth-order valence-corrected chi connectivity index (χ4v) is 2.63. The number of nitrogens with one attached hydrogen (secondary N) is 2. The number of hydrogen-bond donors (Lipinski definition) is 2. The van der Waals surface area contributed by atoms with E-state index in [0.29, 0.717) is 18.1 Å². The molecule has 1 aromatic heterocycles. The highest BCUT2D eigenvalue weighted by molar-refractivity contribution is 5.92. The maximum absolute atomic E-state index is 12.3. The van der Waals surface area contributed by atoms with Gasteiger partial charge in [-0.3, -0.25) is 4.79 Å². The van der Waals surface area contributed by atoms with E-state index in [2.05, 4.69) is 32.7 Å². The first-order chi connectivity index (χ1) is 12.7. The van der Waals surface area contributed by atoms with Gasteiger partial charge in [-0.2, -0.15) is 0 Å². The number of amides is 1. The normalized spacial score (nSPS) is 10.3. The van der Waals surface area contributed by atoms with Crippen molar-refractivity contribution in [2.45, 2.75) is 19.8 Å². The molecule has 3 rings (SSSR count). The van der Waals surface area contributed by atoms with Crippen LogP contribution in [0.4, 0.5) is 11.5 Å². The number of rotatable bonds is 7. The van der Waals surface area contributed by atoms with Crippen molar-refractivity contribution in [2.75, 3.05) is 11.9 Å². The first kappa shape index (κ1) is 17.6. The lowest BCUT2D eigenvalue weighted by Crippen LogP contribution is -2.25. The molecular weight excluding hydrogens is 324 g/mol. The van der Waals surface area contributed by atoms with Crippen molar-refractivity contribution in [2.24, 2.45) is 0 Å². The number of aryl methyl sites for hydroxylation is 2. The van der Waals surface area contributed by atoms with Crippen molar-refractivity contribution in [1.82, 2.24) is 15.3 Å². The van der Waals surface area contributed by atoms with Crippen LogP contribution in [-0.2, 0) is 6.42 Å². The molecule has 132 valence electrons. The largest absolute Gasteiger partial charge is 0.351 e. The van der Waals surface area contributed by atoms with Crippen LogP contribution in [0.2, 0.25) is 0 Å². The Morgan fingerprint density at radius 3 is 2.58 bits per heavy atom. The highest BCUT2D eigenvalue weighted by Gasteiger charge is 2.09. The highest BCUT2D eigenvalue weighted by atomic mass is 16.1. The molecule has 26 heavy (non-hydrogen) atoms. The van der Waals surface area contributed by atoms with Crippen LogP contribution in [-0.4, -0.2) is 22.4 Å². The average Bonchev–Trinajstić information content (AvgIpc) is 2.68. The van der Waals surface area contributed by atoms with Crippen molar-refractivity contribution in [3.05, 3.63) is 83.8 Å². The summed E-state index contributed by atoms with van der Waals surface area (Å²) in [5.41, 5.74) is 3.70. The minimum Gasteiger partial charge on any atom is -0.351 e. The molecule has 1 heterocycles. The lowest BCUT2D eigenvalue weighted by Gasteiger charge is -2.09. The molecule has 0 aliphatic carbocycles. The fourth-order valence-electron chi connectivity index (χ4n) is 2.63.